The number of alkyl halides is 1. The van der Waals surface area contributed by atoms with Crippen molar-refractivity contribution in [2.45, 2.75) is 13.3 Å². The molecule has 2 nitrogen and oxygen atoms in total. The summed E-state index contributed by atoms with van der Waals surface area (Å²) in [5.74, 6) is 1.56. The SMILES string of the molecule is Cc1ccc(-n2c(CCCl)nc3ccccc32)cc1Br. The van der Waals surface area contributed by atoms with E-state index in [1.54, 1.807) is 0 Å². The number of benzene rings is 2. The maximum Gasteiger partial charge on any atom is 0.115 e. The molecule has 2 aromatic carbocycles. The van der Waals surface area contributed by atoms with Crippen LogP contribution in [0.4, 0.5) is 0 Å². The van der Waals surface area contributed by atoms with Crippen LogP contribution in [0.1, 0.15) is 11.4 Å². The average molecular weight is 350 g/mol. The predicted octanol–water partition coefficient (Wildman–Crippen LogP) is 4.88. The molecule has 0 atom stereocenters. The first-order valence-electron chi connectivity index (χ1n) is 6.49. The number of aryl methyl sites for hydroxylation is 2. The van der Waals surface area contributed by atoms with Gasteiger partial charge < -0.3 is 0 Å². The van der Waals surface area contributed by atoms with Crippen molar-refractivity contribution >= 4 is 38.6 Å². The van der Waals surface area contributed by atoms with E-state index in [1.807, 2.05) is 18.2 Å². The molecule has 0 saturated carbocycles. The summed E-state index contributed by atoms with van der Waals surface area (Å²) in [4.78, 5) is 4.69. The van der Waals surface area contributed by atoms with E-state index in [1.165, 1.54) is 5.56 Å². The van der Waals surface area contributed by atoms with Gasteiger partial charge in [0.1, 0.15) is 5.82 Å². The molecule has 3 rings (SSSR count). The molecule has 0 bridgehead atoms. The Kier molecular flexibility index (Phi) is 3.81. The van der Waals surface area contributed by atoms with Gasteiger partial charge in [-0.1, -0.05) is 34.1 Å². The molecule has 4 heteroatoms. The van der Waals surface area contributed by atoms with Crippen LogP contribution in [-0.2, 0) is 6.42 Å². The van der Waals surface area contributed by atoms with Gasteiger partial charge >= 0.3 is 0 Å². The third kappa shape index (κ3) is 2.36. The number of para-hydroxylation sites is 2. The fraction of sp³-hybridized carbons (Fsp3) is 0.188. The van der Waals surface area contributed by atoms with E-state index < -0.39 is 0 Å². The Morgan fingerprint density at radius 3 is 2.75 bits per heavy atom. The standard InChI is InChI=1S/C16H14BrClN2/c1-11-6-7-12(10-13(11)17)20-15-5-3-2-4-14(15)19-16(20)8-9-18/h2-7,10H,8-9H2,1H3. The highest BCUT2D eigenvalue weighted by Crippen LogP contribution is 2.25. The van der Waals surface area contributed by atoms with Gasteiger partial charge in [0.15, 0.2) is 0 Å². The molecule has 20 heavy (non-hydrogen) atoms. The van der Waals surface area contributed by atoms with E-state index in [4.69, 9.17) is 16.6 Å². The van der Waals surface area contributed by atoms with E-state index in [2.05, 4.69) is 51.7 Å². The molecule has 0 fully saturated rings. The summed E-state index contributed by atoms with van der Waals surface area (Å²) in [5, 5.41) is 0. The molecule has 0 aliphatic carbocycles. The number of halogens is 2. The van der Waals surface area contributed by atoms with E-state index in [0.717, 1.165) is 33.4 Å². The smallest absolute Gasteiger partial charge is 0.115 e. The van der Waals surface area contributed by atoms with Crippen LogP contribution in [0.25, 0.3) is 16.7 Å². The third-order valence-corrected chi connectivity index (χ3v) is 4.41. The molecule has 1 aromatic heterocycles. The lowest BCUT2D eigenvalue weighted by Crippen LogP contribution is -2.02. The Morgan fingerprint density at radius 1 is 1.20 bits per heavy atom. The number of fused-ring (bicyclic) bond motifs is 1. The molecule has 0 amide bonds. The first kappa shape index (κ1) is 13.7. The highest BCUT2D eigenvalue weighted by Gasteiger charge is 2.12. The van der Waals surface area contributed by atoms with E-state index >= 15 is 0 Å². The minimum Gasteiger partial charge on any atom is -0.296 e. The Balaban J connectivity index is 2.26. The number of rotatable bonds is 3. The molecule has 1 heterocycles. The zero-order valence-electron chi connectivity index (χ0n) is 11.1. The van der Waals surface area contributed by atoms with Crippen molar-refractivity contribution in [1.29, 1.82) is 0 Å². The summed E-state index contributed by atoms with van der Waals surface area (Å²) in [5.41, 5.74) is 4.45. The number of nitrogens with zero attached hydrogens (tertiary/aromatic N) is 2. The Hall–Kier alpha value is -1.32. The highest BCUT2D eigenvalue weighted by atomic mass is 79.9. The van der Waals surface area contributed by atoms with Gasteiger partial charge in [-0.05, 0) is 36.8 Å². The number of imidazole rings is 1. The predicted molar refractivity (Wildman–Crippen MR) is 87.9 cm³/mol. The van der Waals surface area contributed by atoms with Crippen LogP contribution in [0, 0.1) is 6.92 Å². The van der Waals surface area contributed by atoms with Gasteiger partial charge in [-0.15, -0.1) is 11.6 Å². The molecule has 0 spiro atoms. The van der Waals surface area contributed by atoms with Crippen molar-refractivity contribution in [2.24, 2.45) is 0 Å². The van der Waals surface area contributed by atoms with Crippen molar-refractivity contribution < 1.29 is 0 Å². The van der Waals surface area contributed by atoms with Crippen molar-refractivity contribution in [3.63, 3.8) is 0 Å². The van der Waals surface area contributed by atoms with E-state index in [0.29, 0.717) is 5.88 Å². The van der Waals surface area contributed by atoms with Crippen molar-refractivity contribution in [3.05, 3.63) is 58.3 Å². The van der Waals surface area contributed by atoms with Crippen molar-refractivity contribution in [3.8, 4) is 5.69 Å². The summed E-state index contributed by atoms with van der Waals surface area (Å²) in [6.07, 6.45) is 0.752. The van der Waals surface area contributed by atoms with Gasteiger partial charge in [-0.25, -0.2) is 4.98 Å². The first-order chi connectivity index (χ1) is 9.70. The monoisotopic (exact) mass is 348 g/mol. The fourth-order valence-electron chi connectivity index (χ4n) is 2.34. The summed E-state index contributed by atoms with van der Waals surface area (Å²) in [7, 11) is 0. The molecule has 0 N–H and O–H groups in total. The average Bonchev–Trinajstić information content (AvgIpc) is 2.80. The fourth-order valence-corrected chi connectivity index (χ4v) is 2.87. The molecule has 0 aliphatic rings. The second-order valence-electron chi connectivity index (χ2n) is 4.72. The Labute approximate surface area is 131 Å². The van der Waals surface area contributed by atoms with Crippen molar-refractivity contribution in [2.75, 3.05) is 5.88 Å². The Morgan fingerprint density at radius 2 is 2.00 bits per heavy atom. The van der Waals surface area contributed by atoms with Gasteiger partial charge in [0, 0.05) is 22.5 Å². The summed E-state index contributed by atoms with van der Waals surface area (Å²) < 4.78 is 3.28. The number of aromatic nitrogens is 2. The topological polar surface area (TPSA) is 17.8 Å². The summed E-state index contributed by atoms with van der Waals surface area (Å²) >= 11 is 9.52. The van der Waals surface area contributed by atoms with Crippen molar-refractivity contribution in [1.82, 2.24) is 9.55 Å². The number of hydrogen-bond donors (Lipinski definition) is 0. The van der Waals surface area contributed by atoms with Gasteiger partial charge in [-0.3, -0.25) is 4.57 Å². The highest BCUT2D eigenvalue weighted by molar-refractivity contribution is 9.10. The molecular weight excluding hydrogens is 336 g/mol. The molecule has 3 aromatic rings. The van der Waals surface area contributed by atoms with Crippen LogP contribution >= 0.6 is 27.5 Å². The molecule has 0 aliphatic heterocycles. The lowest BCUT2D eigenvalue weighted by Gasteiger charge is -2.10. The van der Waals surface area contributed by atoms with E-state index in [9.17, 15) is 0 Å². The minimum absolute atomic E-state index is 0.566. The molecule has 102 valence electrons. The lowest BCUT2D eigenvalue weighted by atomic mass is 10.2. The quantitative estimate of drug-likeness (QED) is 0.616. The van der Waals surface area contributed by atoms with Gasteiger partial charge in [0.05, 0.1) is 11.0 Å². The van der Waals surface area contributed by atoms with Gasteiger partial charge in [0.2, 0.25) is 0 Å². The van der Waals surface area contributed by atoms with Gasteiger partial charge in [-0.2, -0.15) is 0 Å². The number of hydrogen-bond acceptors (Lipinski definition) is 1. The van der Waals surface area contributed by atoms with Gasteiger partial charge in [0.25, 0.3) is 0 Å². The summed E-state index contributed by atoms with van der Waals surface area (Å²) in [6.45, 7) is 2.08. The molecule has 0 radical (unpaired) electrons. The van der Waals surface area contributed by atoms with Crippen LogP contribution in [-0.4, -0.2) is 15.4 Å². The Bertz CT molecular complexity index is 764. The second-order valence-corrected chi connectivity index (χ2v) is 5.96. The van der Waals surface area contributed by atoms with E-state index in [-0.39, 0.29) is 0 Å². The summed E-state index contributed by atoms with van der Waals surface area (Å²) in [6, 6.07) is 14.5. The molecule has 0 unspecified atom stereocenters. The third-order valence-electron chi connectivity index (χ3n) is 3.36. The zero-order valence-corrected chi connectivity index (χ0v) is 13.4. The second kappa shape index (κ2) is 5.58. The van der Waals surface area contributed by atoms with Crippen LogP contribution in [0.3, 0.4) is 0 Å². The normalized spacial score (nSPS) is 11.2. The maximum absolute atomic E-state index is 5.92. The largest absolute Gasteiger partial charge is 0.296 e. The lowest BCUT2D eigenvalue weighted by molar-refractivity contribution is 0.911. The molecule has 0 saturated heterocycles. The van der Waals surface area contributed by atoms with Crippen LogP contribution in [0.2, 0.25) is 0 Å². The first-order valence-corrected chi connectivity index (χ1v) is 7.82. The molecular formula is C16H14BrClN2. The van der Waals surface area contributed by atoms with Crippen LogP contribution in [0.5, 0.6) is 0 Å². The zero-order chi connectivity index (χ0) is 14.1. The minimum atomic E-state index is 0.566. The van der Waals surface area contributed by atoms with Crippen LogP contribution in [0.15, 0.2) is 46.9 Å². The van der Waals surface area contributed by atoms with Crippen LogP contribution < -0.4 is 0 Å². The maximum atomic E-state index is 5.92.